The van der Waals surface area contributed by atoms with Gasteiger partial charge in [0, 0.05) is 5.69 Å². The van der Waals surface area contributed by atoms with Crippen LogP contribution in [-0.2, 0) is 6.42 Å². The number of rotatable bonds is 2. The van der Waals surface area contributed by atoms with Gasteiger partial charge in [0.15, 0.2) is 0 Å². The zero-order chi connectivity index (χ0) is 12.4. The molecular formula is C14H13NO2S. The summed E-state index contributed by atoms with van der Waals surface area (Å²) in [5, 5.41) is 4.81. The first-order valence-electron chi connectivity index (χ1n) is 5.93. The second-order valence-electron chi connectivity index (χ2n) is 4.21. The van der Waals surface area contributed by atoms with Gasteiger partial charge in [-0.1, -0.05) is 6.07 Å². The lowest BCUT2D eigenvalue weighted by Crippen LogP contribution is -2.12. The van der Waals surface area contributed by atoms with Crippen molar-refractivity contribution in [2.75, 3.05) is 11.9 Å². The highest BCUT2D eigenvalue weighted by molar-refractivity contribution is 7.12. The van der Waals surface area contributed by atoms with E-state index in [1.807, 2.05) is 35.7 Å². The molecule has 18 heavy (non-hydrogen) atoms. The Kier molecular flexibility index (Phi) is 3.02. The van der Waals surface area contributed by atoms with E-state index < -0.39 is 0 Å². The smallest absolute Gasteiger partial charge is 0.265 e. The first-order valence-corrected chi connectivity index (χ1v) is 6.81. The molecule has 3 nitrogen and oxygen atoms in total. The molecule has 0 atom stereocenters. The zero-order valence-corrected chi connectivity index (χ0v) is 10.6. The summed E-state index contributed by atoms with van der Waals surface area (Å²) >= 11 is 1.44. The number of carbonyl (C=O) groups excluding carboxylic acids is 1. The molecule has 1 aliphatic rings. The van der Waals surface area contributed by atoms with Gasteiger partial charge in [0.05, 0.1) is 11.5 Å². The summed E-state index contributed by atoms with van der Waals surface area (Å²) in [6.45, 7) is 0.786. The van der Waals surface area contributed by atoms with Crippen molar-refractivity contribution in [1.29, 1.82) is 0 Å². The van der Waals surface area contributed by atoms with E-state index in [9.17, 15) is 4.79 Å². The van der Waals surface area contributed by atoms with Gasteiger partial charge in [-0.15, -0.1) is 11.3 Å². The van der Waals surface area contributed by atoms with E-state index in [4.69, 9.17) is 4.74 Å². The average Bonchev–Trinajstić information content (AvgIpc) is 2.92. The van der Waals surface area contributed by atoms with Crippen LogP contribution in [0, 0.1) is 0 Å². The molecule has 0 saturated heterocycles. The van der Waals surface area contributed by atoms with Gasteiger partial charge in [0.2, 0.25) is 0 Å². The van der Waals surface area contributed by atoms with Crippen LogP contribution >= 0.6 is 11.3 Å². The van der Waals surface area contributed by atoms with Gasteiger partial charge in [-0.2, -0.15) is 0 Å². The minimum atomic E-state index is -0.0540. The van der Waals surface area contributed by atoms with Crippen LogP contribution in [0.4, 0.5) is 5.69 Å². The monoisotopic (exact) mass is 259 g/mol. The first kappa shape index (κ1) is 11.3. The fraction of sp³-hybridized carbons (Fsp3) is 0.214. The highest BCUT2D eigenvalue weighted by Crippen LogP contribution is 2.27. The van der Waals surface area contributed by atoms with Crippen molar-refractivity contribution < 1.29 is 9.53 Å². The lowest BCUT2D eigenvalue weighted by Gasteiger charge is -2.17. The van der Waals surface area contributed by atoms with Gasteiger partial charge in [0.25, 0.3) is 5.91 Å². The van der Waals surface area contributed by atoms with Crippen LogP contribution in [0.25, 0.3) is 0 Å². The summed E-state index contributed by atoms with van der Waals surface area (Å²) in [7, 11) is 0. The lowest BCUT2D eigenvalue weighted by molar-refractivity contribution is 0.103. The molecule has 1 N–H and O–H groups in total. The molecule has 1 amide bonds. The highest BCUT2D eigenvalue weighted by atomic mass is 32.1. The summed E-state index contributed by atoms with van der Waals surface area (Å²) in [6, 6.07) is 9.51. The SMILES string of the molecule is O=C(Nc1ccc2c(c1)CCCO2)c1cccs1. The third kappa shape index (κ3) is 2.24. The Morgan fingerprint density at radius 3 is 3.11 bits per heavy atom. The molecule has 0 spiro atoms. The molecule has 2 heterocycles. The average molecular weight is 259 g/mol. The quantitative estimate of drug-likeness (QED) is 0.898. The second kappa shape index (κ2) is 4.82. The Balaban J connectivity index is 1.79. The molecule has 0 aliphatic carbocycles. The largest absolute Gasteiger partial charge is 0.493 e. The first-order chi connectivity index (χ1) is 8.83. The van der Waals surface area contributed by atoms with E-state index in [0.717, 1.165) is 35.8 Å². The van der Waals surface area contributed by atoms with E-state index in [-0.39, 0.29) is 5.91 Å². The number of carbonyl (C=O) groups is 1. The molecule has 4 heteroatoms. The molecule has 0 fully saturated rings. The number of fused-ring (bicyclic) bond motifs is 1. The molecule has 1 aromatic heterocycles. The summed E-state index contributed by atoms with van der Waals surface area (Å²) in [5.74, 6) is 0.886. The number of benzene rings is 1. The Hall–Kier alpha value is -1.81. The minimum Gasteiger partial charge on any atom is -0.493 e. The number of hydrogen-bond acceptors (Lipinski definition) is 3. The van der Waals surface area contributed by atoms with Crippen molar-refractivity contribution in [3.63, 3.8) is 0 Å². The van der Waals surface area contributed by atoms with E-state index in [2.05, 4.69) is 5.32 Å². The van der Waals surface area contributed by atoms with Crippen molar-refractivity contribution in [3.8, 4) is 5.75 Å². The summed E-state index contributed by atoms with van der Waals surface area (Å²) in [4.78, 5) is 12.6. The molecule has 3 rings (SSSR count). The molecule has 1 aliphatic heterocycles. The van der Waals surface area contributed by atoms with E-state index in [1.54, 1.807) is 0 Å². The lowest BCUT2D eigenvalue weighted by atomic mass is 10.1. The van der Waals surface area contributed by atoms with Crippen LogP contribution in [0.3, 0.4) is 0 Å². The third-order valence-corrected chi connectivity index (χ3v) is 3.78. The molecule has 0 saturated carbocycles. The number of aryl methyl sites for hydroxylation is 1. The number of ether oxygens (including phenoxy) is 1. The fourth-order valence-electron chi connectivity index (χ4n) is 2.04. The van der Waals surface area contributed by atoms with Crippen LogP contribution in [-0.4, -0.2) is 12.5 Å². The molecule has 1 aromatic carbocycles. The van der Waals surface area contributed by atoms with Crippen LogP contribution in [0.2, 0.25) is 0 Å². The number of amides is 1. The normalized spacial score (nSPS) is 13.6. The van der Waals surface area contributed by atoms with E-state index in [0.29, 0.717) is 0 Å². The van der Waals surface area contributed by atoms with Crippen LogP contribution < -0.4 is 10.1 Å². The number of thiophene rings is 1. The van der Waals surface area contributed by atoms with E-state index in [1.165, 1.54) is 16.9 Å². The Morgan fingerprint density at radius 1 is 1.33 bits per heavy atom. The number of hydrogen-bond donors (Lipinski definition) is 1. The molecule has 0 unspecified atom stereocenters. The molecule has 0 bridgehead atoms. The molecule has 2 aromatic rings. The molecule has 92 valence electrons. The fourth-order valence-corrected chi connectivity index (χ4v) is 2.66. The predicted octanol–water partition coefficient (Wildman–Crippen LogP) is 3.33. The van der Waals surface area contributed by atoms with Crippen molar-refractivity contribution in [2.24, 2.45) is 0 Å². The van der Waals surface area contributed by atoms with Crippen molar-refractivity contribution in [3.05, 3.63) is 46.2 Å². The summed E-state index contributed by atoms with van der Waals surface area (Å²) < 4.78 is 5.55. The van der Waals surface area contributed by atoms with Gasteiger partial charge in [-0.25, -0.2) is 0 Å². The molecular weight excluding hydrogens is 246 g/mol. The van der Waals surface area contributed by atoms with Crippen LogP contribution in [0.1, 0.15) is 21.7 Å². The third-order valence-electron chi connectivity index (χ3n) is 2.91. The summed E-state index contributed by atoms with van der Waals surface area (Å²) in [6.07, 6.45) is 2.05. The Labute approximate surface area is 109 Å². The maximum Gasteiger partial charge on any atom is 0.265 e. The maximum absolute atomic E-state index is 11.9. The topological polar surface area (TPSA) is 38.3 Å². The Bertz CT molecular complexity index is 563. The van der Waals surface area contributed by atoms with Gasteiger partial charge in [-0.05, 0) is 48.1 Å². The van der Waals surface area contributed by atoms with Gasteiger partial charge >= 0.3 is 0 Å². The second-order valence-corrected chi connectivity index (χ2v) is 5.15. The number of nitrogens with one attached hydrogen (secondary N) is 1. The number of anilines is 1. The van der Waals surface area contributed by atoms with Crippen LogP contribution in [0.5, 0.6) is 5.75 Å². The minimum absolute atomic E-state index is 0.0540. The predicted molar refractivity (Wildman–Crippen MR) is 72.5 cm³/mol. The van der Waals surface area contributed by atoms with E-state index >= 15 is 0 Å². The Morgan fingerprint density at radius 2 is 2.28 bits per heavy atom. The van der Waals surface area contributed by atoms with Crippen LogP contribution in [0.15, 0.2) is 35.7 Å². The van der Waals surface area contributed by atoms with Crippen molar-refractivity contribution >= 4 is 22.9 Å². The standard InChI is InChI=1S/C14H13NO2S/c16-14(13-4-2-8-18-13)15-11-5-6-12-10(9-11)3-1-7-17-12/h2,4-6,8-9H,1,3,7H2,(H,15,16). The molecule has 0 radical (unpaired) electrons. The van der Waals surface area contributed by atoms with Gasteiger partial charge in [0.1, 0.15) is 5.75 Å². The highest BCUT2D eigenvalue weighted by Gasteiger charge is 2.12. The summed E-state index contributed by atoms with van der Waals surface area (Å²) in [5.41, 5.74) is 2.00. The zero-order valence-electron chi connectivity index (χ0n) is 9.81. The maximum atomic E-state index is 11.9. The van der Waals surface area contributed by atoms with Crippen molar-refractivity contribution in [1.82, 2.24) is 0 Å². The van der Waals surface area contributed by atoms with Gasteiger partial charge in [-0.3, -0.25) is 4.79 Å². The van der Waals surface area contributed by atoms with Gasteiger partial charge < -0.3 is 10.1 Å². The van der Waals surface area contributed by atoms with Crippen molar-refractivity contribution in [2.45, 2.75) is 12.8 Å².